The van der Waals surface area contributed by atoms with Crippen LogP contribution in [0.2, 0.25) is 0 Å². The van der Waals surface area contributed by atoms with Crippen LogP contribution in [0.15, 0.2) is 22.8 Å². The third-order valence-corrected chi connectivity index (χ3v) is 1.97. The molecule has 18 heavy (non-hydrogen) atoms. The third-order valence-electron chi connectivity index (χ3n) is 1.97. The topological polar surface area (TPSA) is 88.8 Å². The van der Waals surface area contributed by atoms with Crippen molar-refractivity contribution in [3.8, 4) is 0 Å². The molecule has 1 aromatic heterocycles. The number of nitrogens with one attached hydrogen (secondary N) is 1. The average Bonchev–Trinajstić information content (AvgIpc) is 2.66. The van der Waals surface area contributed by atoms with E-state index in [1.54, 1.807) is 32.9 Å². The Bertz CT molecular complexity index is 405. The summed E-state index contributed by atoms with van der Waals surface area (Å²) in [6.45, 7) is 5.11. The molecule has 0 aromatic carbocycles. The first-order chi connectivity index (χ1) is 8.28. The monoisotopic (exact) mass is 255 g/mol. The average molecular weight is 255 g/mol. The Morgan fingerprint density at radius 2 is 2.17 bits per heavy atom. The maximum absolute atomic E-state index is 11.5. The second kappa shape index (κ2) is 5.57. The molecule has 1 heterocycles. The second-order valence-corrected chi connectivity index (χ2v) is 4.82. The van der Waals surface area contributed by atoms with E-state index in [0.717, 1.165) is 0 Å². The zero-order valence-corrected chi connectivity index (χ0v) is 10.6. The zero-order valence-electron chi connectivity index (χ0n) is 10.6. The number of carboxylic acids is 1. The molecule has 2 N–H and O–H groups in total. The Morgan fingerprint density at radius 1 is 1.50 bits per heavy atom. The van der Waals surface area contributed by atoms with E-state index in [9.17, 15) is 9.59 Å². The number of hydrogen-bond acceptors (Lipinski definition) is 4. The molecule has 1 aromatic rings. The number of carboxylic acid groups (broad SMARTS) is 1. The Balaban J connectivity index is 2.58. The molecule has 6 nitrogen and oxygen atoms in total. The van der Waals surface area contributed by atoms with Gasteiger partial charge in [0.05, 0.1) is 6.26 Å². The van der Waals surface area contributed by atoms with Crippen LogP contribution in [0.3, 0.4) is 0 Å². The summed E-state index contributed by atoms with van der Waals surface area (Å²) in [4.78, 5) is 22.5. The number of ether oxygens (including phenoxy) is 1. The van der Waals surface area contributed by atoms with Crippen molar-refractivity contribution >= 4 is 12.1 Å². The third kappa shape index (κ3) is 4.90. The molecule has 0 saturated heterocycles. The van der Waals surface area contributed by atoms with Crippen LogP contribution in [0.25, 0.3) is 0 Å². The van der Waals surface area contributed by atoms with E-state index in [-0.39, 0.29) is 6.42 Å². The number of carbonyl (C=O) groups is 2. The quantitative estimate of drug-likeness (QED) is 0.856. The minimum Gasteiger partial charge on any atom is -0.480 e. The van der Waals surface area contributed by atoms with E-state index < -0.39 is 23.7 Å². The molecule has 0 spiro atoms. The lowest BCUT2D eigenvalue weighted by Crippen LogP contribution is -2.44. The first-order valence-electron chi connectivity index (χ1n) is 5.52. The molecule has 0 aliphatic rings. The van der Waals surface area contributed by atoms with Gasteiger partial charge in [0.15, 0.2) is 0 Å². The van der Waals surface area contributed by atoms with Crippen LogP contribution in [0, 0.1) is 0 Å². The summed E-state index contributed by atoms with van der Waals surface area (Å²) in [5, 5.41) is 11.3. The first kappa shape index (κ1) is 14.1. The Kier molecular flexibility index (Phi) is 4.36. The summed E-state index contributed by atoms with van der Waals surface area (Å²) in [6, 6.07) is 2.22. The Hall–Kier alpha value is -1.98. The number of hydrogen-bond donors (Lipinski definition) is 2. The first-order valence-corrected chi connectivity index (χ1v) is 5.52. The van der Waals surface area contributed by atoms with E-state index in [1.807, 2.05) is 0 Å². The van der Waals surface area contributed by atoms with Gasteiger partial charge in [-0.25, -0.2) is 9.59 Å². The van der Waals surface area contributed by atoms with Gasteiger partial charge in [-0.1, -0.05) is 0 Å². The number of amides is 1. The zero-order chi connectivity index (χ0) is 13.8. The van der Waals surface area contributed by atoms with E-state index in [2.05, 4.69) is 5.32 Å². The summed E-state index contributed by atoms with van der Waals surface area (Å²) in [6.07, 6.45) is 0.755. The van der Waals surface area contributed by atoms with Gasteiger partial charge in [-0.2, -0.15) is 0 Å². The van der Waals surface area contributed by atoms with Crippen LogP contribution in [-0.2, 0) is 16.0 Å². The van der Waals surface area contributed by atoms with Crippen molar-refractivity contribution in [2.75, 3.05) is 0 Å². The molecule has 0 radical (unpaired) electrons. The SMILES string of the molecule is CC(C)(C)OC(=O)N[C@@H](Cc1ccco1)C(=O)O. The summed E-state index contributed by atoms with van der Waals surface area (Å²) >= 11 is 0. The van der Waals surface area contributed by atoms with Crippen molar-refractivity contribution in [3.05, 3.63) is 24.2 Å². The van der Waals surface area contributed by atoms with Gasteiger partial charge >= 0.3 is 12.1 Å². The minimum absolute atomic E-state index is 0.0710. The van der Waals surface area contributed by atoms with Gasteiger partial charge in [0.25, 0.3) is 0 Å². The Labute approximate surface area is 105 Å². The van der Waals surface area contributed by atoms with Crippen LogP contribution in [0.4, 0.5) is 4.79 Å². The van der Waals surface area contributed by atoms with Crippen LogP contribution >= 0.6 is 0 Å². The molecule has 0 bridgehead atoms. The number of rotatable bonds is 4. The largest absolute Gasteiger partial charge is 0.480 e. The highest BCUT2D eigenvalue weighted by molar-refractivity contribution is 5.80. The van der Waals surface area contributed by atoms with Crippen molar-refractivity contribution in [1.29, 1.82) is 0 Å². The molecule has 1 amide bonds. The molecule has 0 fully saturated rings. The molecule has 0 unspecified atom stereocenters. The molecule has 1 atom stereocenters. The Morgan fingerprint density at radius 3 is 2.61 bits per heavy atom. The van der Waals surface area contributed by atoms with E-state index in [0.29, 0.717) is 5.76 Å². The predicted octanol–water partition coefficient (Wildman–Crippen LogP) is 1.80. The number of carbonyl (C=O) groups excluding carboxylic acids is 1. The van der Waals surface area contributed by atoms with Crippen molar-refractivity contribution < 1.29 is 23.8 Å². The highest BCUT2D eigenvalue weighted by Gasteiger charge is 2.24. The van der Waals surface area contributed by atoms with Crippen molar-refractivity contribution in [1.82, 2.24) is 5.32 Å². The standard InChI is InChI=1S/C12H17NO5/c1-12(2,3)18-11(16)13-9(10(14)15)7-8-5-4-6-17-8/h4-6,9H,7H2,1-3H3,(H,13,16)(H,14,15)/t9-/m0/s1. The smallest absolute Gasteiger partial charge is 0.408 e. The van der Waals surface area contributed by atoms with Crippen LogP contribution < -0.4 is 5.32 Å². The van der Waals surface area contributed by atoms with Crippen molar-refractivity contribution in [2.45, 2.75) is 38.8 Å². The molecular formula is C12H17NO5. The van der Waals surface area contributed by atoms with Gasteiger partial charge in [0.1, 0.15) is 17.4 Å². The lowest BCUT2D eigenvalue weighted by molar-refractivity contribution is -0.139. The van der Waals surface area contributed by atoms with Crippen molar-refractivity contribution in [3.63, 3.8) is 0 Å². The fraction of sp³-hybridized carbons (Fsp3) is 0.500. The second-order valence-electron chi connectivity index (χ2n) is 4.82. The van der Waals surface area contributed by atoms with E-state index >= 15 is 0 Å². The molecule has 1 rings (SSSR count). The normalized spacial score (nSPS) is 12.8. The molecular weight excluding hydrogens is 238 g/mol. The van der Waals surface area contributed by atoms with E-state index in [1.165, 1.54) is 6.26 Å². The number of furan rings is 1. The lowest BCUT2D eigenvalue weighted by atomic mass is 10.1. The highest BCUT2D eigenvalue weighted by Crippen LogP contribution is 2.08. The van der Waals surface area contributed by atoms with Gasteiger partial charge in [-0.05, 0) is 32.9 Å². The summed E-state index contributed by atoms with van der Waals surface area (Å²) < 4.78 is 10.0. The van der Waals surface area contributed by atoms with Gasteiger partial charge in [-0.3, -0.25) is 0 Å². The van der Waals surface area contributed by atoms with Crippen LogP contribution in [0.1, 0.15) is 26.5 Å². The summed E-state index contributed by atoms with van der Waals surface area (Å²) in [5.41, 5.74) is -0.669. The highest BCUT2D eigenvalue weighted by atomic mass is 16.6. The van der Waals surface area contributed by atoms with Gasteiger partial charge < -0.3 is 19.6 Å². The van der Waals surface area contributed by atoms with E-state index in [4.69, 9.17) is 14.3 Å². The number of alkyl carbamates (subject to hydrolysis) is 1. The molecule has 0 saturated carbocycles. The van der Waals surface area contributed by atoms with Crippen LogP contribution in [0.5, 0.6) is 0 Å². The summed E-state index contributed by atoms with van der Waals surface area (Å²) in [7, 11) is 0. The van der Waals surface area contributed by atoms with Gasteiger partial charge in [-0.15, -0.1) is 0 Å². The molecule has 100 valence electrons. The van der Waals surface area contributed by atoms with Crippen LogP contribution in [-0.4, -0.2) is 28.8 Å². The summed E-state index contributed by atoms with van der Waals surface area (Å²) in [5.74, 6) is -0.657. The fourth-order valence-corrected chi connectivity index (χ4v) is 1.28. The molecule has 6 heteroatoms. The van der Waals surface area contributed by atoms with Gasteiger partial charge in [0, 0.05) is 6.42 Å². The number of aliphatic carboxylic acids is 1. The van der Waals surface area contributed by atoms with Crippen molar-refractivity contribution in [2.24, 2.45) is 0 Å². The predicted molar refractivity (Wildman–Crippen MR) is 63.2 cm³/mol. The molecule has 0 aliphatic carbocycles. The fourth-order valence-electron chi connectivity index (χ4n) is 1.28. The molecule has 0 aliphatic heterocycles. The van der Waals surface area contributed by atoms with Gasteiger partial charge in [0.2, 0.25) is 0 Å². The lowest BCUT2D eigenvalue weighted by Gasteiger charge is -2.21. The maximum Gasteiger partial charge on any atom is 0.408 e. The minimum atomic E-state index is -1.14. The maximum atomic E-state index is 11.5.